The Morgan fingerprint density at radius 2 is 2.05 bits per heavy atom. The predicted molar refractivity (Wildman–Crippen MR) is 74.0 cm³/mol. The molecule has 6 heteroatoms. The number of carbonyl (C=O) groups is 1. The van der Waals surface area contributed by atoms with Gasteiger partial charge in [-0.05, 0) is 27.9 Å². The number of hydrogen-bond acceptors (Lipinski definition) is 4. The first-order chi connectivity index (χ1) is 8.99. The fourth-order valence-electron chi connectivity index (χ4n) is 1.67. The quantitative estimate of drug-likeness (QED) is 0.939. The molecular weight excluding hydrogens is 310 g/mol. The van der Waals surface area contributed by atoms with E-state index in [4.69, 9.17) is 5.11 Å². The van der Waals surface area contributed by atoms with E-state index in [1.807, 2.05) is 19.9 Å². The van der Waals surface area contributed by atoms with Crippen molar-refractivity contribution in [2.75, 3.05) is 0 Å². The van der Waals surface area contributed by atoms with Gasteiger partial charge in [-0.15, -0.1) is 0 Å². The Morgan fingerprint density at radius 1 is 1.32 bits per heavy atom. The summed E-state index contributed by atoms with van der Waals surface area (Å²) in [6.07, 6.45) is 4.66. The molecule has 5 nitrogen and oxygen atoms in total. The molecule has 0 aliphatic carbocycles. The lowest BCUT2D eigenvalue weighted by atomic mass is 10.0. The van der Waals surface area contributed by atoms with Gasteiger partial charge in [-0.25, -0.2) is 14.8 Å². The molecule has 0 bridgehead atoms. The van der Waals surface area contributed by atoms with E-state index in [-0.39, 0.29) is 11.5 Å². The molecule has 98 valence electrons. The maximum absolute atomic E-state index is 11.1. The third-order valence-corrected chi connectivity index (χ3v) is 2.99. The van der Waals surface area contributed by atoms with Crippen LogP contribution in [0.3, 0.4) is 0 Å². The molecule has 2 heterocycles. The van der Waals surface area contributed by atoms with E-state index < -0.39 is 5.97 Å². The summed E-state index contributed by atoms with van der Waals surface area (Å²) in [5, 5.41) is 9.12. The molecule has 0 saturated heterocycles. The van der Waals surface area contributed by atoms with Crippen molar-refractivity contribution < 1.29 is 9.90 Å². The van der Waals surface area contributed by atoms with Crippen molar-refractivity contribution in [3.05, 3.63) is 40.4 Å². The molecule has 0 aromatic carbocycles. The summed E-state index contributed by atoms with van der Waals surface area (Å²) in [5.41, 5.74) is 1.41. The van der Waals surface area contributed by atoms with Crippen LogP contribution in [0, 0.1) is 0 Å². The highest BCUT2D eigenvalue weighted by Gasteiger charge is 2.16. The minimum atomic E-state index is -1.01. The maximum atomic E-state index is 11.1. The summed E-state index contributed by atoms with van der Waals surface area (Å²) in [7, 11) is 0. The fraction of sp³-hybridized carbons (Fsp3) is 0.231. The van der Waals surface area contributed by atoms with Crippen LogP contribution in [0.5, 0.6) is 0 Å². The Hall–Kier alpha value is -1.82. The molecule has 0 aliphatic rings. The molecule has 19 heavy (non-hydrogen) atoms. The minimum Gasteiger partial charge on any atom is -0.478 e. The van der Waals surface area contributed by atoms with E-state index >= 15 is 0 Å². The minimum absolute atomic E-state index is 0.00737. The third kappa shape index (κ3) is 2.96. The van der Waals surface area contributed by atoms with Crippen LogP contribution in [0.25, 0.3) is 11.4 Å². The largest absolute Gasteiger partial charge is 0.478 e. The lowest BCUT2D eigenvalue weighted by molar-refractivity contribution is 0.0694. The second kappa shape index (κ2) is 5.44. The lowest BCUT2D eigenvalue weighted by Crippen LogP contribution is -2.08. The lowest BCUT2D eigenvalue weighted by Gasteiger charge is -2.10. The van der Waals surface area contributed by atoms with Gasteiger partial charge in [0.25, 0.3) is 0 Å². The Balaban J connectivity index is 2.55. The Labute approximate surface area is 118 Å². The summed E-state index contributed by atoms with van der Waals surface area (Å²) in [6.45, 7) is 3.80. The summed E-state index contributed by atoms with van der Waals surface area (Å²) < 4.78 is 0.821. The molecule has 0 saturated carbocycles. The smallest absolute Gasteiger partial charge is 0.339 e. The van der Waals surface area contributed by atoms with Crippen molar-refractivity contribution in [2.24, 2.45) is 0 Å². The van der Waals surface area contributed by atoms with Gasteiger partial charge in [0.1, 0.15) is 0 Å². The zero-order valence-corrected chi connectivity index (χ0v) is 12.0. The molecule has 0 fully saturated rings. The number of carboxylic acids is 1. The average Bonchev–Trinajstić information content (AvgIpc) is 2.37. The van der Waals surface area contributed by atoms with Crippen LogP contribution >= 0.6 is 15.9 Å². The second-order valence-electron chi connectivity index (χ2n) is 4.34. The molecule has 2 rings (SSSR count). The first-order valence-electron chi connectivity index (χ1n) is 5.70. The summed E-state index contributed by atoms with van der Waals surface area (Å²) >= 11 is 3.33. The van der Waals surface area contributed by atoms with Crippen molar-refractivity contribution >= 4 is 21.9 Å². The summed E-state index contributed by atoms with van der Waals surface area (Å²) in [5.74, 6) is -0.530. The maximum Gasteiger partial charge on any atom is 0.339 e. The van der Waals surface area contributed by atoms with Crippen LogP contribution in [0.15, 0.2) is 29.1 Å². The number of halogens is 1. The highest BCUT2D eigenvalue weighted by atomic mass is 79.9. The van der Waals surface area contributed by atoms with Gasteiger partial charge in [-0.3, -0.25) is 4.98 Å². The van der Waals surface area contributed by atoms with Gasteiger partial charge < -0.3 is 5.11 Å². The molecule has 0 spiro atoms. The first kappa shape index (κ1) is 13.6. The van der Waals surface area contributed by atoms with Crippen molar-refractivity contribution in [1.82, 2.24) is 15.0 Å². The van der Waals surface area contributed by atoms with Gasteiger partial charge in [0.2, 0.25) is 0 Å². The Kier molecular flexibility index (Phi) is 3.90. The van der Waals surface area contributed by atoms with Crippen molar-refractivity contribution in [3.8, 4) is 11.4 Å². The van der Waals surface area contributed by atoms with Gasteiger partial charge in [0.05, 0.1) is 11.3 Å². The normalized spacial score (nSPS) is 10.7. The first-order valence-corrected chi connectivity index (χ1v) is 6.49. The zero-order chi connectivity index (χ0) is 14.0. The monoisotopic (exact) mass is 321 g/mol. The number of aromatic carboxylic acids is 1. The van der Waals surface area contributed by atoms with Gasteiger partial charge in [-0.2, -0.15) is 0 Å². The molecular formula is C13H12BrN3O2. The Bertz CT molecular complexity index is 629. The van der Waals surface area contributed by atoms with E-state index in [9.17, 15) is 4.79 Å². The topological polar surface area (TPSA) is 76.0 Å². The number of rotatable bonds is 3. The van der Waals surface area contributed by atoms with Gasteiger partial charge in [-0.1, -0.05) is 13.8 Å². The molecule has 2 aromatic heterocycles. The second-order valence-corrected chi connectivity index (χ2v) is 5.26. The average molecular weight is 322 g/mol. The molecule has 0 unspecified atom stereocenters. The van der Waals surface area contributed by atoms with Gasteiger partial charge >= 0.3 is 5.97 Å². The van der Waals surface area contributed by atoms with Crippen LogP contribution < -0.4 is 0 Å². The number of carboxylic acid groups (broad SMARTS) is 1. The van der Waals surface area contributed by atoms with E-state index in [1.165, 1.54) is 6.20 Å². The Morgan fingerprint density at radius 3 is 2.63 bits per heavy atom. The summed E-state index contributed by atoms with van der Waals surface area (Å²) in [6, 6.07) is 1.84. The highest BCUT2D eigenvalue weighted by Crippen LogP contribution is 2.22. The molecule has 2 aromatic rings. The zero-order valence-electron chi connectivity index (χ0n) is 10.5. The molecule has 0 amide bonds. The van der Waals surface area contributed by atoms with Crippen molar-refractivity contribution in [3.63, 3.8) is 0 Å². The predicted octanol–water partition coefficient (Wildman–Crippen LogP) is 3.12. The van der Waals surface area contributed by atoms with Crippen LogP contribution in [-0.2, 0) is 0 Å². The van der Waals surface area contributed by atoms with Crippen LogP contribution in [0.4, 0.5) is 0 Å². The number of hydrogen-bond donors (Lipinski definition) is 1. The molecule has 0 radical (unpaired) electrons. The van der Waals surface area contributed by atoms with Gasteiger partial charge in [0, 0.05) is 28.6 Å². The SMILES string of the molecule is CC(C)c1nc(-c2cncc(Br)c2)ncc1C(=O)O. The van der Waals surface area contributed by atoms with E-state index in [2.05, 4.69) is 30.9 Å². The third-order valence-electron chi connectivity index (χ3n) is 2.56. The van der Waals surface area contributed by atoms with Crippen LogP contribution in [-0.4, -0.2) is 26.0 Å². The fourth-order valence-corrected chi connectivity index (χ4v) is 2.04. The highest BCUT2D eigenvalue weighted by molar-refractivity contribution is 9.10. The van der Waals surface area contributed by atoms with Crippen molar-refractivity contribution in [1.29, 1.82) is 0 Å². The number of nitrogens with zero attached hydrogens (tertiary/aromatic N) is 3. The molecule has 0 aliphatic heterocycles. The van der Waals surface area contributed by atoms with Crippen molar-refractivity contribution in [2.45, 2.75) is 19.8 Å². The van der Waals surface area contributed by atoms with E-state index in [0.717, 1.165) is 10.0 Å². The van der Waals surface area contributed by atoms with Gasteiger partial charge in [0.15, 0.2) is 5.82 Å². The van der Waals surface area contributed by atoms with E-state index in [0.29, 0.717) is 11.5 Å². The van der Waals surface area contributed by atoms with E-state index in [1.54, 1.807) is 12.4 Å². The molecule has 0 atom stereocenters. The number of aromatic nitrogens is 3. The molecule has 1 N–H and O–H groups in total. The van der Waals surface area contributed by atoms with Crippen LogP contribution in [0.1, 0.15) is 35.8 Å². The standard InChI is InChI=1S/C13H12BrN3O2/c1-7(2)11-10(13(18)19)6-16-12(17-11)8-3-9(14)5-15-4-8/h3-7H,1-2H3,(H,18,19). The van der Waals surface area contributed by atoms with Crippen LogP contribution in [0.2, 0.25) is 0 Å². The summed E-state index contributed by atoms with van der Waals surface area (Å²) in [4.78, 5) is 23.6. The number of pyridine rings is 1.